The van der Waals surface area contributed by atoms with Gasteiger partial charge in [0.25, 0.3) is 0 Å². The van der Waals surface area contributed by atoms with Gasteiger partial charge >= 0.3 is 6.18 Å². The van der Waals surface area contributed by atoms with E-state index in [1.54, 1.807) is 24.3 Å². The molecule has 0 heterocycles. The van der Waals surface area contributed by atoms with E-state index in [1.807, 2.05) is 12.1 Å². The van der Waals surface area contributed by atoms with Gasteiger partial charge in [0.1, 0.15) is 0 Å². The number of allylic oxidation sites excluding steroid dienone is 2. The van der Waals surface area contributed by atoms with E-state index in [9.17, 15) is 21.6 Å². The largest absolute Gasteiger partial charge is 0.416 e. The lowest BCUT2D eigenvalue weighted by atomic mass is 9.96. The molecule has 0 aromatic heterocycles. The van der Waals surface area contributed by atoms with Crippen molar-refractivity contribution in [2.45, 2.75) is 37.6 Å². The summed E-state index contributed by atoms with van der Waals surface area (Å²) >= 11 is 0. The molecule has 0 bridgehead atoms. The average Bonchev–Trinajstić information content (AvgIpc) is 3.24. The Hall–Kier alpha value is -2.12. The van der Waals surface area contributed by atoms with E-state index >= 15 is 0 Å². The van der Waals surface area contributed by atoms with Crippen LogP contribution in [0.25, 0.3) is 11.1 Å². The van der Waals surface area contributed by atoms with E-state index in [0.717, 1.165) is 60.1 Å². The van der Waals surface area contributed by atoms with Crippen LogP contribution in [0.4, 0.5) is 13.2 Å². The van der Waals surface area contributed by atoms with Crippen molar-refractivity contribution < 1.29 is 21.6 Å². The Bertz CT molecular complexity index is 1030. The van der Waals surface area contributed by atoms with Gasteiger partial charge in [0.15, 0.2) is 0 Å². The molecule has 3 nitrogen and oxygen atoms in total. The first kappa shape index (κ1) is 19.2. The van der Waals surface area contributed by atoms with Crippen LogP contribution in [0.15, 0.2) is 48.5 Å². The van der Waals surface area contributed by atoms with E-state index < -0.39 is 21.8 Å². The van der Waals surface area contributed by atoms with Crippen molar-refractivity contribution in [3.8, 4) is 0 Å². The maximum absolute atomic E-state index is 12.9. The number of nitrogens with two attached hydrogens (primary N) is 1. The lowest BCUT2D eigenvalue weighted by Gasteiger charge is -2.11. The summed E-state index contributed by atoms with van der Waals surface area (Å²) in [6.07, 6.45) is -0.318. The number of hydrogen-bond acceptors (Lipinski definition) is 2. The number of alkyl halides is 3. The standard InChI is InChI=1S/C21H20F3NO2S/c22-21(23,24)17-7-5-16(6-8-17)19-12-20(9-10-20)11-18(19)15-3-1-14(2-4-15)13-28(25,26)27/h1-8H,9-13H2,(H2,25,26,27). The first-order valence-electron chi connectivity index (χ1n) is 9.04. The zero-order chi connectivity index (χ0) is 20.2. The van der Waals surface area contributed by atoms with Gasteiger partial charge in [-0.1, -0.05) is 36.4 Å². The molecule has 0 atom stereocenters. The van der Waals surface area contributed by atoms with Crippen LogP contribution in [0.3, 0.4) is 0 Å². The molecule has 1 fully saturated rings. The second-order valence-corrected chi connectivity index (χ2v) is 9.50. The minimum Gasteiger partial charge on any atom is -0.228 e. The molecule has 2 aliphatic rings. The Balaban J connectivity index is 1.68. The third-order valence-electron chi connectivity index (χ3n) is 5.66. The molecule has 2 aromatic rings. The minimum absolute atomic E-state index is 0.220. The number of benzene rings is 2. The van der Waals surface area contributed by atoms with Crippen molar-refractivity contribution in [3.05, 3.63) is 70.8 Å². The Morgan fingerprint density at radius 2 is 1.32 bits per heavy atom. The van der Waals surface area contributed by atoms with Crippen LogP contribution in [0.5, 0.6) is 0 Å². The van der Waals surface area contributed by atoms with Crippen LogP contribution in [-0.4, -0.2) is 8.42 Å². The van der Waals surface area contributed by atoms with Crippen molar-refractivity contribution in [1.82, 2.24) is 0 Å². The molecule has 28 heavy (non-hydrogen) atoms. The van der Waals surface area contributed by atoms with E-state index in [0.29, 0.717) is 5.56 Å². The molecule has 1 saturated carbocycles. The van der Waals surface area contributed by atoms with Crippen molar-refractivity contribution >= 4 is 21.2 Å². The summed E-state index contributed by atoms with van der Waals surface area (Å²) < 4.78 is 61.1. The lowest BCUT2D eigenvalue weighted by Crippen LogP contribution is -2.14. The SMILES string of the molecule is NS(=O)(=O)Cc1ccc(C2=C(c3ccc(C(F)(F)F)cc3)CC3(CC3)C2)cc1. The molecule has 2 aromatic carbocycles. The van der Waals surface area contributed by atoms with E-state index in [2.05, 4.69) is 0 Å². The Labute approximate surface area is 162 Å². The number of halogens is 3. The Morgan fingerprint density at radius 1 is 0.857 bits per heavy atom. The highest BCUT2D eigenvalue weighted by atomic mass is 32.2. The third kappa shape index (κ3) is 4.00. The summed E-state index contributed by atoms with van der Waals surface area (Å²) in [5, 5.41) is 5.10. The summed E-state index contributed by atoms with van der Waals surface area (Å²) in [7, 11) is -3.59. The maximum Gasteiger partial charge on any atom is 0.416 e. The molecule has 0 radical (unpaired) electrons. The van der Waals surface area contributed by atoms with Crippen LogP contribution in [0.2, 0.25) is 0 Å². The second-order valence-electron chi connectivity index (χ2n) is 7.89. The molecule has 0 amide bonds. The topological polar surface area (TPSA) is 60.2 Å². The normalized spacial score (nSPS) is 18.7. The van der Waals surface area contributed by atoms with Crippen molar-refractivity contribution in [2.24, 2.45) is 10.6 Å². The smallest absolute Gasteiger partial charge is 0.228 e. The first-order valence-corrected chi connectivity index (χ1v) is 10.8. The van der Waals surface area contributed by atoms with Gasteiger partial charge in [0.2, 0.25) is 10.0 Å². The van der Waals surface area contributed by atoms with Gasteiger partial charge in [-0.2, -0.15) is 13.2 Å². The number of primary sulfonamides is 1. The fourth-order valence-corrected chi connectivity index (χ4v) is 4.66. The highest BCUT2D eigenvalue weighted by Crippen LogP contribution is 2.63. The molecule has 2 aliphatic carbocycles. The van der Waals surface area contributed by atoms with Crippen molar-refractivity contribution in [1.29, 1.82) is 0 Å². The van der Waals surface area contributed by atoms with Gasteiger partial charge in [0, 0.05) is 0 Å². The molecule has 148 valence electrons. The van der Waals surface area contributed by atoms with Gasteiger partial charge < -0.3 is 0 Å². The zero-order valence-corrected chi connectivity index (χ0v) is 15.9. The zero-order valence-electron chi connectivity index (χ0n) is 15.1. The first-order chi connectivity index (χ1) is 13.0. The minimum atomic E-state index is -4.34. The lowest BCUT2D eigenvalue weighted by molar-refractivity contribution is -0.137. The van der Waals surface area contributed by atoms with Gasteiger partial charge in [-0.25, -0.2) is 13.6 Å². The molecule has 2 N–H and O–H groups in total. The molecular weight excluding hydrogens is 387 g/mol. The van der Waals surface area contributed by atoms with Crippen molar-refractivity contribution in [3.63, 3.8) is 0 Å². The van der Waals surface area contributed by atoms with Crippen molar-refractivity contribution in [2.75, 3.05) is 0 Å². The van der Waals surface area contributed by atoms with Gasteiger partial charge in [-0.05, 0) is 71.1 Å². The van der Waals surface area contributed by atoms with Crippen LogP contribution in [0.1, 0.15) is 47.9 Å². The fourth-order valence-electron chi connectivity index (χ4n) is 4.00. The molecule has 0 saturated heterocycles. The molecule has 4 rings (SSSR count). The fraction of sp³-hybridized carbons (Fsp3) is 0.333. The summed E-state index contributed by atoms with van der Waals surface area (Å²) in [5.74, 6) is -0.220. The van der Waals surface area contributed by atoms with Crippen LogP contribution in [-0.2, 0) is 22.0 Å². The molecule has 0 aliphatic heterocycles. The monoisotopic (exact) mass is 407 g/mol. The summed E-state index contributed by atoms with van der Waals surface area (Å²) in [6, 6.07) is 12.6. The van der Waals surface area contributed by atoms with Gasteiger partial charge in [0.05, 0.1) is 11.3 Å². The number of sulfonamides is 1. The maximum atomic E-state index is 12.9. The van der Waals surface area contributed by atoms with E-state index in [-0.39, 0.29) is 11.2 Å². The van der Waals surface area contributed by atoms with E-state index in [4.69, 9.17) is 5.14 Å². The highest BCUT2D eigenvalue weighted by Gasteiger charge is 2.48. The van der Waals surface area contributed by atoms with Gasteiger partial charge in [-0.3, -0.25) is 0 Å². The summed E-state index contributed by atoms with van der Waals surface area (Å²) in [5.41, 5.74) is 4.24. The quantitative estimate of drug-likeness (QED) is 0.777. The number of rotatable bonds is 4. The summed E-state index contributed by atoms with van der Waals surface area (Å²) in [6.45, 7) is 0. The molecular formula is C21H20F3NO2S. The molecule has 7 heteroatoms. The Morgan fingerprint density at radius 3 is 1.71 bits per heavy atom. The Kier molecular flexibility index (Phi) is 4.43. The second kappa shape index (κ2) is 6.46. The predicted molar refractivity (Wildman–Crippen MR) is 102 cm³/mol. The van der Waals surface area contributed by atoms with Gasteiger partial charge in [-0.15, -0.1) is 0 Å². The van der Waals surface area contributed by atoms with E-state index in [1.165, 1.54) is 0 Å². The third-order valence-corrected chi connectivity index (χ3v) is 6.39. The highest BCUT2D eigenvalue weighted by molar-refractivity contribution is 7.88. The average molecular weight is 407 g/mol. The number of hydrogen-bond donors (Lipinski definition) is 1. The predicted octanol–water partition coefficient (Wildman–Crippen LogP) is 4.98. The van der Waals surface area contributed by atoms with Crippen LogP contribution >= 0.6 is 0 Å². The summed E-state index contributed by atoms with van der Waals surface area (Å²) in [4.78, 5) is 0. The molecule has 0 unspecified atom stereocenters. The van der Waals surface area contributed by atoms with Crippen LogP contribution < -0.4 is 5.14 Å². The molecule has 1 spiro atoms. The van der Waals surface area contributed by atoms with Crippen LogP contribution in [0, 0.1) is 5.41 Å².